The summed E-state index contributed by atoms with van der Waals surface area (Å²) in [4.78, 5) is 21.0. The number of fused-ring (bicyclic) bond motifs is 1. The van der Waals surface area contributed by atoms with Crippen LogP contribution in [0.15, 0.2) is 42.6 Å². The van der Waals surface area contributed by atoms with E-state index in [0.717, 1.165) is 12.2 Å². The van der Waals surface area contributed by atoms with Gasteiger partial charge in [-0.1, -0.05) is 25.1 Å². The van der Waals surface area contributed by atoms with Crippen molar-refractivity contribution >= 4 is 11.6 Å². The van der Waals surface area contributed by atoms with Crippen LogP contribution in [-0.4, -0.2) is 49.6 Å². The number of para-hydroxylation sites is 1. The zero-order chi connectivity index (χ0) is 17.1. The highest BCUT2D eigenvalue weighted by Crippen LogP contribution is 2.36. The molecule has 1 aromatic carbocycles. The summed E-state index contributed by atoms with van der Waals surface area (Å²) in [6.45, 7) is 4.20. The van der Waals surface area contributed by atoms with Gasteiger partial charge in [0.25, 0.3) is 5.91 Å². The van der Waals surface area contributed by atoms with Crippen LogP contribution in [0.4, 0.5) is 5.69 Å². The smallest absolute Gasteiger partial charge is 0.258 e. The van der Waals surface area contributed by atoms with Crippen LogP contribution in [0.2, 0.25) is 0 Å². The number of anilines is 1. The molecule has 0 saturated heterocycles. The Kier molecular flexibility index (Phi) is 4.81. The van der Waals surface area contributed by atoms with E-state index in [-0.39, 0.29) is 5.91 Å². The summed E-state index contributed by atoms with van der Waals surface area (Å²) in [6, 6.07) is 11.6. The molecule has 1 atom stereocenters. The van der Waals surface area contributed by atoms with Crippen molar-refractivity contribution in [3.63, 3.8) is 0 Å². The average molecular weight is 325 g/mol. The number of carbonyl (C=O) groups excluding carboxylic acids is 1. The lowest BCUT2D eigenvalue weighted by molar-refractivity contribution is 0.0987. The van der Waals surface area contributed by atoms with E-state index < -0.39 is 0 Å². The summed E-state index contributed by atoms with van der Waals surface area (Å²) in [5.41, 5.74) is 2.83. The Bertz CT molecular complexity index is 730. The van der Waals surface area contributed by atoms with Gasteiger partial charge in [0.2, 0.25) is 5.88 Å². The molecular weight excluding hydrogens is 302 g/mol. The fourth-order valence-electron chi connectivity index (χ4n) is 2.92. The zero-order valence-electron chi connectivity index (χ0n) is 14.4. The number of hydrogen-bond acceptors (Lipinski definition) is 4. The van der Waals surface area contributed by atoms with Gasteiger partial charge in [0.05, 0.1) is 0 Å². The lowest BCUT2D eigenvalue weighted by Crippen LogP contribution is -2.29. The van der Waals surface area contributed by atoms with Gasteiger partial charge < -0.3 is 14.5 Å². The molecule has 2 heterocycles. The van der Waals surface area contributed by atoms with Gasteiger partial charge in [0, 0.05) is 42.5 Å². The molecule has 0 saturated carbocycles. The molecule has 0 aliphatic carbocycles. The first-order valence-electron chi connectivity index (χ1n) is 8.20. The SMILES string of the molecule is C[C@@H]1CN(C(=O)c2ccnc(OCCN(C)C)c2)c2ccccc21. The third kappa shape index (κ3) is 3.41. The molecule has 5 nitrogen and oxygen atoms in total. The summed E-state index contributed by atoms with van der Waals surface area (Å²) in [5, 5.41) is 0. The summed E-state index contributed by atoms with van der Waals surface area (Å²) in [5.74, 6) is 0.831. The molecule has 0 radical (unpaired) electrons. The van der Waals surface area contributed by atoms with Crippen LogP contribution in [0.5, 0.6) is 5.88 Å². The summed E-state index contributed by atoms with van der Waals surface area (Å²) in [6.07, 6.45) is 1.63. The Balaban J connectivity index is 1.76. The average Bonchev–Trinajstić information content (AvgIpc) is 2.91. The predicted molar refractivity (Wildman–Crippen MR) is 94.8 cm³/mol. The number of aromatic nitrogens is 1. The second kappa shape index (κ2) is 7.01. The van der Waals surface area contributed by atoms with Gasteiger partial charge >= 0.3 is 0 Å². The van der Waals surface area contributed by atoms with Gasteiger partial charge in [-0.05, 0) is 31.8 Å². The van der Waals surface area contributed by atoms with Crippen molar-refractivity contribution < 1.29 is 9.53 Å². The molecule has 24 heavy (non-hydrogen) atoms. The van der Waals surface area contributed by atoms with E-state index in [1.165, 1.54) is 5.56 Å². The van der Waals surface area contributed by atoms with Gasteiger partial charge in [-0.15, -0.1) is 0 Å². The van der Waals surface area contributed by atoms with Crippen molar-refractivity contribution in [2.45, 2.75) is 12.8 Å². The molecule has 0 bridgehead atoms. The molecule has 1 aliphatic rings. The third-order valence-corrected chi connectivity index (χ3v) is 4.23. The largest absolute Gasteiger partial charge is 0.476 e. The first-order valence-corrected chi connectivity index (χ1v) is 8.20. The first-order chi connectivity index (χ1) is 11.6. The topological polar surface area (TPSA) is 45.7 Å². The minimum absolute atomic E-state index is 0.00772. The lowest BCUT2D eigenvalue weighted by Gasteiger charge is -2.18. The molecule has 0 fully saturated rings. The van der Waals surface area contributed by atoms with E-state index in [4.69, 9.17) is 4.74 Å². The number of likely N-dealkylation sites (N-methyl/N-ethyl adjacent to an activating group) is 1. The Labute approximate surface area is 142 Å². The van der Waals surface area contributed by atoms with Crippen LogP contribution in [0.25, 0.3) is 0 Å². The van der Waals surface area contributed by atoms with E-state index in [0.29, 0.717) is 30.5 Å². The number of pyridine rings is 1. The molecule has 1 aliphatic heterocycles. The molecule has 3 rings (SSSR count). The molecule has 0 spiro atoms. The minimum Gasteiger partial charge on any atom is -0.476 e. The van der Waals surface area contributed by atoms with Gasteiger partial charge in [-0.25, -0.2) is 4.98 Å². The number of hydrogen-bond donors (Lipinski definition) is 0. The quantitative estimate of drug-likeness (QED) is 0.848. The highest BCUT2D eigenvalue weighted by molar-refractivity contribution is 6.07. The molecule has 2 aromatic rings. The van der Waals surface area contributed by atoms with Crippen LogP contribution in [0, 0.1) is 0 Å². The third-order valence-electron chi connectivity index (χ3n) is 4.23. The molecule has 0 unspecified atom stereocenters. The number of carbonyl (C=O) groups is 1. The highest BCUT2D eigenvalue weighted by atomic mass is 16.5. The van der Waals surface area contributed by atoms with Crippen molar-refractivity contribution in [3.8, 4) is 5.88 Å². The standard InChI is InChI=1S/C19H23N3O2/c1-14-13-22(17-7-5-4-6-16(14)17)19(23)15-8-9-20-18(12-15)24-11-10-21(2)3/h4-9,12,14H,10-11,13H2,1-3H3/t14-/m1/s1. The maximum Gasteiger partial charge on any atom is 0.258 e. The molecule has 0 N–H and O–H groups in total. The summed E-state index contributed by atoms with van der Waals surface area (Å²) < 4.78 is 5.64. The van der Waals surface area contributed by atoms with E-state index in [1.54, 1.807) is 18.3 Å². The number of rotatable bonds is 5. The molecule has 1 amide bonds. The zero-order valence-corrected chi connectivity index (χ0v) is 14.4. The number of nitrogens with zero attached hydrogens (tertiary/aromatic N) is 3. The number of ether oxygens (including phenoxy) is 1. The Morgan fingerprint density at radius 1 is 1.33 bits per heavy atom. The molecule has 126 valence electrons. The number of amides is 1. The van der Waals surface area contributed by atoms with Crippen molar-refractivity contribution in [1.82, 2.24) is 9.88 Å². The van der Waals surface area contributed by atoms with Gasteiger partial charge in [0.15, 0.2) is 0 Å². The highest BCUT2D eigenvalue weighted by Gasteiger charge is 2.30. The van der Waals surface area contributed by atoms with Crippen LogP contribution < -0.4 is 9.64 Å². The van der Waals surface area contributed by atoms with Crippen LogP contribution in [0.1, 0.15) is 28.8 Å². The normalized spacial score (nSPS) is 16.3. The fraction of sp³-hybridized carbons (Fsp3) is 0.368. The fourth-order valence-corrected chi connectivity index (χ4v) is 2.92. The van der Waals surface area contributed by atoms with Crippen molar-refractivity contribution in [2.24, 2.45) is 0 Å². The van der Waals surface area contributed by atoms with Crippen molar-refractivity contribution in [3.05, 3.63) is 53.7 Å². The Hall–Kier alpha value is -2.40. The second-order valence-electron chi connectivity index (χ2n) is 6.41. The van der Waals surface area contributed by atoms with E-state index in [9.17, 15) is 4.79 Å². The molecule has 5 heteroatoms. The maximum atomic E-state index is 12.9. The van der Waals surface area contributed by atoms with Crippen LogP contribution >= 0.6 is 0 Å². The predicted octanol–water partition coefficient (Wildman–Crippen LogP) is 2.79. The van der Waals surface area contributed by atoms with Gasteiger partial charge in [0.1, 0.15) is 6.61 Å². The maximum absolute atomic E-state index is 12.9. The monoisotopic (exact) mass is 325 g/mol. The summed E-state index contributed by atoms with van der Waals surface area (Å²) in [7, 11) is 3.98. The number of benzene rings is 1. The second-order valence-corrected chi connectivity index (χ2v) is 6.41. The Morgan fingerprint density at radius 2 is 2.12 bits per heavy atom. The van der Waals surface area contributed by atoms with Gasteiger partial charge in [-0.2, -0.15) is 0 Å². The van der Waals surface area contributed by atoms with Crippen LogP contribution in [-0.2, 0) is 0 Å². The van der Waals surface area contributed by atoms with E-state index in [2.05, 4.69) is 18.0 Å². The van der Waals surface area contributed by atoms with Crippen molar-refractivity contribution in [2.75, 3.05) is 38.7 Å². The van der Waals surface area contributed by atoms with E-state index in [1.807, 2.05) is 42.1 Å². The molecule has 1 aromatic heterocycles. The van der Waals surface area contributed by atoms with E-state index >= 15 is 0 Å². The minimum atomic E-state index is -0.00772. The van der Waals surface area contributed by atoms with Crippen molar-refractivity contribution in [1.29, 1.82) is 0 Å². The Morgan fingerprint density at radius 3 is 2.92 bits per heavy atom. The first kappa shape index (κ1) is 16.5. The van der Waals surface area contributed by atoms with Crippen LogP contribution in [0.3, 0.4) is 0 Å². The molecular formula is C19H23N3O2. The summed E-state index contributed by atoms with van der Waals surface area (Å²) >= 11 is 0. The van der Waals surface area contributed by atoms with Gasteiger partial charge in [-0.3, -0.25) is 4.79 Å². The lowest BCUT2D eigenvalue weighted by atomic mass is 10.0.